The van der Waals surface area contributed by atoms with E-state index in [2.05, 4.69) is 5.32 Å². The lowest BCUT2D eigenvalue weighted by molar-refractivity contribution is 0.137. The van der Waals surface area contributed by atoms with Crippen LogP contribution in [0.5, 0.6) is 17.2 Å². The minimum atomic E-state index is 0.261. The number of hydrogen-bond acceptors (Lipinski definition) is 3. The van der Waals surface area contributed by atoms with E-state index < -0.39 is 0 Å². The first-order valence-electron chi connectivity index (χ1n) is 8.21. The molecule has 0 unspecified atom stereocenters. The molecule has 2 aromatic rings. The van der Waals surface area contributed by atoms with Crippen molar-refractivity contribution >= 4 is 11.6 Å². The SMILES string of the molecule is Clc1cc(Oc2ccccc2)cc(O[C@@H]2C[C@H]3CC[C@@H](C2)N3)c1. The third kappa shape index (κ3) is 3.62. The number of fused-ring (bicyclic) bond motifs is 2. The summed E-state index contributed by atoms with van der Waals surface area (Å²) >= 11 is 6.23. The Hall–Kier alpha value is -1.71. The van der Waals surface area contributed by atoms with E-state index in [-0.39, 0.29) is 6.10 Å². The van der Waals surface area contributed by atoms with Crippen molar-refractivity contribution in [1.29, 1.82) is 0 Å². The first kappa shape index (κ1) is 14.9. The van der Waals surface area contributed by atoms with E-state index >= 15 is 0 Å². The van der Waals surface area contributed by atoms with Crippen molar-refractivity contribution in [1.82, 2.24) is 5.32 Å². The molecule has 2 bridgehead atoms. The Morgan fingerprint density at radius 2 is 1.57 bits per heavy atom. The van der Waals surface area contributed by atoms with Gasteiger partial charge in [-0.3, -0.25) is 0 Å². The Morgan fingerprint density at radius 3 is 2.30 bits per heavy atom. The van der Waals surface area contributed by atoms with Crippen LogP contribution >= 0.6 is 11.6 Å². The highest BCUT2D eigenvalue weighted by Crippen LogP contribution is 2.33. The topological polar surface area (TPSA) is 30.5 Å². The Labute approximate surface area is 141 Å². The van der Waals surface area contributed by atoms with E-state index in [0.717, 1.165) is 24.3 Å². The fraction of sp³-hybridized carbons (Fsp3) is 0.368. The molecular weight excluding hydrogens is 310 g/mol. The normalized spacial score (nSPS) is 26.0. The second-order valence-corrected chi connectivity index (χ2v) is 6.82. The number of hydrogen-bond donors (Lipinski definition) is 1. The van der Waals surface area contributed by atoms with Gasteiger partial charge in [-0.05, 0) is 49.9 Å². The van der Waals surface area contributed by atoms with E-state index in [1.54, 1.807) is 0 Å². The number of piperidine rings is 1. The summed E-state index contributed by atoms with van der Waals surface area (Å²) < 4.78 is 12.1. The molecule has 2 heterocycles. The summed E-state index contributed by atoms with van der Waals surface area (Å²) in [5.74, 6) is 2.28. The molecule has 23 heavy (non-hydrogen) atoms. The summed E-state index contributed by atoms with van der Waals surface area (Å²) in [6.07, 6.45) is 4.93. The van der Waals surface area contributed by atoms with Gasteiger partial charge in [-0.25, -0.2) is 0 Å². The molecule has 0 radical (unpaired) electrons. The zero-order valence-corrected chi connectivity index (χ0v) is 13.6. The molecule has 2 aliphatic heterocycles. The van der Waals surface area contributed by atoms with Crippen LogP contribution in [0.3, 0.4) is 0 Å². The number of benzene rings is 2. The smallest absolute Gasteiger partial charge is 0.132 e. The van der Waals surface area contributed by atoms with Crippen LogP contribution in [0.2, 0.25) is 5.02 Å². The summed E-state index contributed by atoms with van der Waals surface area (Å²) in [6.45, 7) is 0. The fourth-order valence-corrected chi connectivity index (χ4v) is 3.80. The highest BCUT2D eigenvalue weighted by Gasteiger charge is 2.34. The maximum absolute atomic E-state index is 6.23. The summed E-state index contributed by atoms with van der Waals surface area (Å²) in [7, 11) is 0. The largest absolute Gasteiger partial charge is 0.490 e. The molecule has 0 spiro atoms. The molecule has 1 N–H and O–H groups in total. The predicted octanol–water partition coefficient (Wildman–Crippen LogP) is 4.79. The molecule has 0 amide bonds. The summed E-state index contributed by atoms with van der Waals surface area (Å²) in [4.78, 5) is 0. The van der Waals surface area contributed by atoms with Crippen LogP contribution in [0.4, 0.5) is 0 Å². The van der Waals surface area contributed by atoms with Gasteiger partial charge in [0.15, 0.2) is 0 Å². The fourth-order valence-electron chi connectivity index (χ4n) is 3.58. The Balaban J connectivity index is 1.48. The number of ether oxygens (including phenoxy) is 2. The molecule has 2 saturated heterocycles. The van der Waals surface area contributed by atoms with E-state index in [9.17, 15) is 0 Å². The molecule has 2 fully saturated rings. The second kappa shape index (κ2) is 6.42. The summed E-state index contributed by atoms with van der Waals surface area (Å²) in [6, 6.07) is 16.5. The Morgan fingerprint density at radius 1 is 0.870 bits per heavy atom. The number of nitrogens with one attached hydrogen (secondary N) is 1. The van der Waals surface area contributed by atoms with E-state index in [1.165, 1.54) is 12.8 Å². The van der Waals surface area contributed by atoms with Crippen molar-refractivity contribution < 1.29 is 9.47 Å². The highest BCUT2D eigenvalue weighted by molar-refractivity contribution is 6.30. The molecule has 2 aliphatic rings. The number of rotatable bonds is 4. The molecule has 4 rings (SSSR count). The number of halogens is 1. The lowest BCUT2D eigenvalue weighted by Gasteiger charge is -2.29. The molecule has 120 valence electrons. The van der Waals surface area contributed by atoms with Gasteiger partial charge in [0.1, 0.15) is 23.4 Å². The molecule has 2 aromatic carbocycles. The molecule has 0 saturated carbocycles. The van der Waals surface area contributed by atoms with Crippen molar-refractivity contribution in [3.05, 3.63) is 53.6 Å². The lowest BCUT2D eigenvalue weighted by atomic mass is 10.0. The van der Waals surface area contributed by atoms with Gasteiger partial charge in [-0.1, -0.05) is 29.8 Å². The van der Waals surface area contributed by atoms with E-state index in [1.807, 2.05) is 48.5 Å². The average molecular weight is 330 g/mol. The quantitative estimate of drug-likeness (QED) is 0.874. The van der Waals surface area contributed by atoms with Crippen LogP contribution in [0.1, 0.15) is 25.7 Å². The lowest BCUT2D eigenvalue weighted by Crippen LogP contribution is -2.42. The van der Waals surface area contributed by atoms with Crippen LogP contribution < -0.4 is 14.8 Å². The molecule has 0 aliphatic carbocycles. The maximum atomic E-state index is 6.23. The van der Waals surface area contributed by atoms with Crippen LogP contribution in [-0.2, 0) is 0 Å². The van der Waals surface area contributed by atoms with Crippen LogP contribution in [0, 0.1) is 0 Å². The Bertz CT molecular complexity index is 664. The van der Waals surface area contributed by atoms with Crippen LogP contribution in [0.15, 0.2) is 48.5 Å². The van der Waals surface area contributed by atoms with Gasteiger partial charge in [0.25, 0.3) is 0 Å². The number of para-hydroxylation sites is 1. The predicted molar refractivity (Wildman–Crippen MR) is 91.6 cm³/mol. The van der Waals surface area contributed by atoms with Gasteiger partial charge in [-0.15, -0.1) is 0 Å². The standard InChI is InChI=1S/C19H20ClNO2/c20-13-8-17(22-16-4-2-1-3-5-16)12-18(9-13)23-19-10-14-6-7-15(11-19)21-14/h1-5,8-9,12,14-15,19,21H,6-7,10-11H2/t14-,15+,19-. The molecule has 3 atom stereocenters. The van der Waals surface area contributed by atoms with Gasteiger partial charge in [0.05, 0.1) is 0 Å². The van der Waals surface area contributed by atoms with Crippen molar-refractivity contribution in [3.8, 4) is 17.2 Å². The van der Waals surface area contributed by atoms with Crippen molar-refractivity contribution in [2.45, 2.75) is 43.9 Å². The monoisotopic (exact) mass is 329 g/mol. The molecule has 3 nitrogen and oxygen atoms in total. The third-order valence-electron chi connectivity index (χ3n) is 4.56. The minimum absolute atomic E-state index is 0.261. The zero-order valence-electron chi connectivity index (χ0n) is 12.9. The summed E-state index contributed by atoms with van der Waals surface area (Å²) in [5.41, 5.74) is 0. The van der Waals surface area contributed by atoms with Crippen molar-refractivity contribution in [3.63, 3.8) is 0 Å². The van der Waals surface area contributed by atoms with E-state index in [0.29, 0.717) is 22.9 Å². The molecular formula is C19H20ClNO2. The first-order chi connectivity index (χ1) is 11.2. The molecule has 0 aromatic heterocycles. The molecule has 4 heteroatoms. The van der Waals surface area contributed by atoms with Gasteiger partial charge in [-0.2, -0.15) is 0 Å². The highest BCUT2D eigenvalue weighted by atomic mass is 35.5. The first-order valence-corrected chi connectivity index (χ1v) is 8.58. The zero-order chi connectivity index (χ0) is 15.6. The Kier molecular flexibility index (Phi) is 4.15. The van der Waals surface area contributed by atoms with Gasteiger partial charge >= 0.3 is 0 Å². The van der Waals surface area contributed by atoms with Gasteiger partial charge in [0, 0.05) is 23.2 Å². The van der Waals surface area contributed by atoms with E-state index in [4.69, 9.17) is 21.1 Å². The van der Waals surface area contributed by atoms with Gasteiger partial charge < -0.3 is 14.8 Å². The van der Waals surface area contributed by atoms with Crippen molar-refractivity contribution in [2.75, 3.05) is 0 Å². The average Bonchev–Trinajstić information content (AvgIpc) is 2.86. The maximum Gasteiger partial charge on any atom is 0.132 e. The summed E-state index contributed by atoms with van der Waals surface area (Å²) in [5, 5.41) is 4.26. The van der Waals surface area contributed by atoms with Gasteiger partial charge in [0.2, 0.25) is 0 Å². The second-order valence-electron chi connectivity index (χ2n) is 6.39. The van der Waals surface area contributed by atoms with Crippen molar-refractivity contribution in [2.24, 2.45) is 0 Å². The van der Waals surface area contributed by atoms with Crippen LogP contribution in [0.25, 0.3) is 0 Å². The minimum Gasteiger partial charge on any atom is -0.490 e. The van der Waals surface area contributed by atoms with Crippen LogP contribution in [-0.4, -0.2) is 18.2 Å². The third-order valence-corrected chi connectivity index (χ3v) is 4.77.